The van der Waals surface area contributed by atoms with Crippen LogP contribution >= 0.6 is 11.3 Å². The highest BCUT2D eigenvalue weighted by Gasteiger charge is 2.01. The molecule has 0 saturated heterocycles. The van der Waals surface area contributed by atoms with Gasteiger partial charge in [-0.25, -0.2) is 4.99 Å². The van der Waals surface area contributed by atoms with E-state index >= 15 is 0 Å². The third-order valence-corrected chi connectivity index (χ3v) is 4.10. The van der Waals surface area contributed by atoms with Crippen LogP contribution in [0, 0.1) is 6.92 Å². The summed E-state index contributed by atoms with van der Waals surface area (Å²) in [5.74, 6) is 0.718. The quantitative estimate of drug-likeness (QED) is 0.317. The fourth-order valence-electron chi connectivity index (χ4n) is 1.95. The molecule has 0 saturated carbocycles. The highest BCUT2D eigenvalue weighted by atomic mass is 32.1. The second-order valence-corrected chi connectivity index (χ2v) is 6.39. The van der Waals surface area contributed by atoms with Gasteiger partial charge in [-0.3, -0.25) is 4.79 Å². The van der Waals surface area contributed by atoms with Crippen molar-refractivity contribution in [3.63, 3.8) is 0 Å². The standard InChI is InChI=1S/C16H27N3O2S/c1-4-17-16(19-12-14-10-9-13(2)22-14)18-11-7-5-6-8-15(20)21-3/h9-10H,4-8,11-12H2,1-3H3,(H2,17,18,19). The molecule has 0 spiro atoms. The topological polar surface area (TPSA) is 62.7 Å². The first-order valence-electron chi connectivity index (χ1n) is 7.80. The van der Waals surface area contributed by atoms with Crippen LogP contribution in [0.3, 0.4) is 0 Å². The van der Waals surface area contributed by atoms with Gasteiger partial charge in [0.2, 0.25) is 0 Å². The van der Waals surface area contributed by atoms with Crippen molar-refractivity contribution in [2.75, 3.05) is 20.2 Å². The van der Waals surface area contributed by atoms with E-state index in [1.165, 1.54) is 16.9 Å². The first-order chi connectivity index (χ1) is 10.7. The van der Waals surface area contributed by atoms with Gasteiger partial charge in [0.1, 0.15) is 0 Å². The van der Waals surface area contributed by atoms with Crippen LogP contribution in [-0.4, -0.2) is 32.1 Å². The van der Waals surface area contributed by atoms with Crippen LogP contribution in [0.1, 0.15) is 42.4 Å². The Bertz CT molecular complexity index is 472. The summed E-state index contributed by atoms with van der Waals surface area (Å²) in [7, 11) is 1.43. The van der Waals surface area contributed by atoms with Crippen molar-refractivity contribution in [2.45, 2.75) is 46.1 Å². The Morgan fingerprint density at radius 3 is 2.73 bits per heavy atom. The van der Waals surface area contributed by atoms with Crippen molar-refractivity contribution in [3.8, 4) is 0 Å². The summed E-state index contributed by atoms with van der Waals surface area (Å²) >= 11 is 1.78. The van der Waals surface area contributed by atoms with E-state index in [1.54, 1.807) is 11.3 Å². The first-order valence-corrected chi connectivity index (χ1v) is 8.61. The maximum absolute atomic E-state index is 11.0. The third-order valence-electron chi connectivity index (χ3n) is 3.11. The number of aliphatic imine (C=N–C) groups is 1. The van der Waals surface area contributed by atoms with E-state index in [0.29, 0.717) is 13.0 Å². The zero-order valence-electron chi connectivity index (χ0n) is 13.8. The molecule has 0 aliphatic rings. The van der Waals surface area contributed by atoms with E-state index in [4.69, 9.17) is 0 Å². The lowest BCUT2D eigenvalue weighted by Crippen LogP contribution is -2.37. The number of carbonyl (C=O) groups excluding carboxylic acids is 1. The Balaban J connectivity index is 2.24. The fourth-order valence-corrected chi connectivity index (χ4v) is 2.76. The molecule has 0 amide bonds. The summed E-state index contributed by atoms with van der Waals surface area (Å²) in [5, 5.41) is 6.57. The first kappa shape index (κ1) is 18.5. The maximum Gasteiger partial charge on any atom is 0.305 e. The molecule has 22 heavy (non-hydrogen) atoms. The lowest BCUT2D eigenvalue weighted by molar-refractivity contribution is -0.140. The average molecular weight is 325 g/mol. The van der Waals surface area contributed by atoms with E-state index in [0.717, 1.165) is 38.3 Å². The number of unbranched alkanes of at least 4 members (excludes halogenated alkanes) is 2. The largest absolute Gasteiger partial charge is 0.469 e. The van der Waals surface area contributed by atoms with E-state index in [1.807, 2.05) is 0 Å². The predicted molar refractivity (Wildman–Crippen MR) is 92.4 cm³/mol. The molecule has 1 rings (SSSR count). The van der Waals surface area contributed by atoms with Gasteiger partial charge in [-0.1, -0.05) is 6.42 Å². The Labute approximate surface area is 137 Å². The highest BCUT2D eigenvalue weighted by Crippen LogP contribution is 2.15. The summed E-state index contributed by atoms with van der Waals surface area (Å²) in [5.41, 5.74) is 0. The zero-order valence-corrected chi connectivity index (χ0v) is 14.6. The van der Waals surface area contributed by atoms with Crippen molar-refractivity contribution in [1.29, 1.82) is 0 Å². The zero-order chi connectivity index (χ0) is 16.2. The van der Waals surface area contributed by atoms with Crippen LogP contribution in [0.5, 0.6) is 0 Å². The van der Waals surface area contributed by atoms with Crippen LogP contribution in [0.25, 0.3) is 0 Å². The third kappa shape index (κ3) is 8.02. The van der Waals surface area contributed by atoms with Crippen molar-refractivity contribution < 1.29 is 9.53 Å². The molecule has 0 aliphatic heterocycles. The van der Waals surface area contributed by atoms with Crippen LogP contribution in [0.4, 0.5) is 0 Å². The fraction of sp³-hybridized carbons (Fsp3) is 0.625. The second kappa shape index (κ2) is 11.1. The molecule has 0 atom stereocenters. The molecule has 1 aromatic heterocycles. The molecule has 0 aromatic carbocycles. The van der Waals surface area contributed by atoms with Gasteiger partial charge in [-0.2, -0.15) is 0 Å². The SMILES string of the molecule is CCNC(=NCc1ccc(C)s1)NCCCCCC(=O)OC. The number of hydrogen-bond donors (Lipinski definition) is 2. The van der Waals surface area contributed by atoms with Crippen LogP contribution in [-0.2, 0) is 16.1 Å². The molecule has 124 valence electrons. The van der Waals surface area contributed by atoms with Crippen molar-refractivity contribution in [2.24, 2.45) is 4.99 Å². The minimum Gasteiger partial charge on any atom is -0.469 e. The molecule has 0 bridgehead atoms. The molecular weight excluding hydrogens is 298 g/mol. The van der Waals surface area contributed by atoms with E-state index < -0.39 is 0 Å². The van der Waals surface area contributed by atoms with Gasteiger partial charge >= 0.3 is 5.97 Å². The molecule has 1 heterocycles. The molecule has 1 aromatic rings. The number of aryl methyl sites for hydroxylation is 1. The lowest BCUT2D eigenvalue weighted by Gasteiger charge is -2.10. The number of carbonyl (C=O) groups is 1. The van der Waals surface area contributed by atoms with Crippen molar-refractivity contribution >= 4 is 23.3 Å². The smallest absolute Gasteiger partial charge is 0.305 e. The number of nitrogens with zero attached hydrogens (tertiary/aromatic N) is 1. The summed E-state index contributed by atoms with van der Waals surface area (Å²) in [6.45, 7) is 6.57. The van der Waals surface area contributed by atoms with Gasteiger partial charge in [0.25, 0.3) is 0 Å². The number of ether oxygens (including phenoxy) is 1. The average Bonchev–Trinajstić information content (AvgIpc) is 2.93. The molecule has 2 N–H and O–H groups in total. The van der Waals surface area contributed by atoms with Crippen LogP contribution < -0.4 is 10.6 Å². The van der Waals surface area contributed by atoms with Crippen LogP contribution in [0.2, 0.25) is 0 Å². The number of thiophene rings is 1. The Morgan fingerprint density at radius 1 is 1.27 bits per heavy atom. The predicted octanol–water partition coefficient (Wildman–Crippen LogP) is 2.85. The van der Waals surface area contributed by atoms with E-state index in [2.05, 4.69) is 46.3 Å². The maximum atomic E-state index is 11.0. The van der Waals surface area contributed by atoms with E-state index in [-0.39, 0.29) is 5.97 Å². The molecule has 0 aliphatic carbocycles. The molecule has 0 unspecified atom stereocenters. The molecular formula is C16H27N3O2S. The van der Waals surface area contributed by atoms with Gasteiger partial charge in [-0.15, -0.1) is 11.3 Å². The van der Waals surface area contributed by atoms with Crippen molar-refractivity contribution in [3.05, 3.63) is 21.9 Å². The molecule has 0 fully saturated rings. The molecule has 6 heteroatoms. The number of nitrogens with one attached hydrogen (secondary N) is 2. The summed E-state index contributed by atoms with van der Waals surface area (Å²) in [6.07, 6.45) is 3.39. The van der Waals surface area contributed by atoms with Gasteiger partial charge in [0.05, 0.1) is 13.7 Å². The normalized spacial score (nSPS) is 11.3. The Morgan fingerprint density at radius 2 is 2.09 bits per heavy atom. The molecule has 0 radical (unpaired) electrons. The van der Waals surface area contributed by atoms with Gasteiger partial charge in [0, 0.05) is 29.3 Å². The summed E-state index contributed by atoms with van der Waals surface area (Å²) in [4.78, 5) is 18.2. The second-order valence-electron chi connectivity index (χ2n) is 5.02. The lowest BCUT2D eigenvalue weighted by atomic mass is 10.2. The minimum atomic E-state index is -0.130. The Kier molecular flexibility index (Phi) is 9.30. The molecule has 5 nitrogen and oxygen atoms in total. The highest BCUT2D eigenvalue weighted by molar-refractivity contribution is 7.11. The van der Waals surface area contributed by atoms with Gasteiger partial charge in [-0.05, 0) is 38.8 Å². The number of methoxy groups -OCH3 is 1. The van der Waals surface area contributed by atoms with Gasteiger partial charge in [0.15, 0.2) is 5.96 Å². The van der Waals surface area contributed by atoms with Crippen LogP contribution in [0.15, 0.2) is 17.1 Å². The number of esters is 1. The number of rotatable bonds is 9. The van der Waals surface area contributed by atoms with E-state index in [9.17, 15) is 4.79 Å². The number of hydrogen-bond acceptors (Lipinski definition) is 4. The summed E-state index contributed by atoms with van der Waals surface area (Å²) in [6, 6.07) is 4.25. The minimum absolute atomic E-state index is 0.130. The Hall–Kier alpha value is -1.56. The number of guanidine groups is 1. The monoisotopic (exact) mass is 325 g/mol. The van der Waals surface area contributed by atoms with Gasteiger partial charge < -0.3 is 15.4 Å². The summed E-state index contributed by atoms with van der Waals surface area (Å²) < 4.78 is 4.62. The van der Waals surface area contributed by atoms with Crippen molar-refractivity contribution in [1.82, 2.24) is 10.6 Å².